The lowest BCUT2D eigenvalue weighted by Gasteiger charge is -2.18. The highest BCUT2D eigenvalue weighted by atomic mass is 32.1. The molecule has 3 nitrogen and oxygen atoms in total. The van der Waals surface area contributed by atoms with Crippen molar-refractivity contribution >= 4 is 11.3 Å². The van der Waals surface area contributed by atoms with Crippen molar-refractivity contribution in [2.75, 3.05) is 6.61 Å². The molecule has 0 amide bonds. The molecule has 0 saturated heterocycles. The van der Waals surface area contributed by atoms with E-state index in [0.29, 0.717) is 12.1 Å². The summed E-state index contributed by atoms with van der Waals surface area (Å²) in [5.74, 6) is 0. The first-order chi connectivity index (χ1) is 7.13. The standard InChI is InChI=1S/C11H20N2OS/c1-8(5-4-6-14)12-9(2)11-7-15-10(3)13-11/h7-9,12,14H,4-6H2,1-3H3. The van der Waals surface area contributed by atoms with Crippen molar-refractivity contribution in [3.63, 3.8) is 0 Å². The molecule has 15 heavy (non-hydrogen) atoms. The van der Waals surface area contributed by atoms with Gasteiger partial charge in [0.15, 0.2) is 0 Å². The van der Waals surface area contributed by atoms with Crippen molar-refractivity contribution in [3.8, 4) is 0 Å². The van der Waals surface area contributed by atoms with Crippen molar-refractivity contribution in [2.24, 2.45) is 0 Å². The first-order valence-corrected chi connectivity index (χ1v) is 6.30. The van der Waals surface area contributed by atoms with Gasteiger partial charge in [-0.2, -0.15) is 0 Å². The van der Waals surface area contributed by atoms with Gasteiger partial charge in [0.05, 0.1) is 10.7 Å². The Morgan fingerprint density at radius 3 is 2.80 bits per heavy atom. The molecule has 1 rings (SSSR count). The zero-order chi connectivity index (χ0) is 11.3. The lowest BCUT2D eigenvalue weighted by atomic mass is 10.1. The summed E-state index contributed by atoms with van der Waals surface area (Å²) in [6, 6.07) is 0.720. The molecule has 2 unspecified atom stereocenters. The summed E-state index contributed by atoms with van der Waals surface area (Å²) >= 11 is 1.69. The smallest absolute Gasteiger partial charge is 0.0898 e. The van der Waals surface area contributed by atoms with E-state index in [4.69, 9.17) is 5.11 Å². The minimum Gasteiger partial charge on any atom is -0.396 e. The lowest BCUT2D eigenvalue weighted by molar-refractivity contribution is 0.274. The number of thiazole rings is 1. The molecule has 1 heterocycles. The maximum Gasteiger partial charge on any atom is 0.0898 e. The summed E-state index contributed by atoms with van der Waals surface area (Å²) in [5, 5.41) is 15.4. The predicted octanol–water partition coefficient (Wildman–Crippen LogP) is 2.26. The number of rotatable bonds is 6. The van der Waals surface area contributed by atoms with E-state index in [1.807, 2.05) is 6.92 Å². The van der Waals surface area contributed by atoms with Crippen LogP contribution in [-0.2, 0) is 0 Å². The van der Waals surface area contributed by atoms with Gasteiger partial charge in [0.2, 0.25) is 0 Å². The van der Waals surface area contributed by atoms with Crippen molar-refractivity contribution in [1.29, 1.82) is 0 Å². The van der Waals surface area contributed by atoms with Gasteiger partial charge in [-0.3, -0.25) is 0 Å². The van der Waals surface area contributed by atoms with Gasteiger partial charge in [0.1, 0.15) is 0 Å². The molecular formula is C11H20N2OS. The van der Waals surface area contributed by atoms with Gasteiger partial charge in [-0.25, -0.2) is 4.98 Å². The van der Waals surface area contributed by atoms with E-state index in [1.165, 1.54) is 0 Å². The molecule has 0 aliphatic carbocycles. The topological polar surface area (TPSA) is 45.2 Å². The second-order valence-electron chi connectivity index (χ2n) is 3.95. The molecule has 86 valence electrons. The van der Waals surface area contributed by atoms with Crippen LogP contribution in [0, 0.1) is 6.92 Å². The first-order valence-electron chi connectivity index (χ1n) is 5.42. The van der Waals surface area contributed by atoms with Gasteiger partial charge in [0.25, 0.3) is 0 Å². The average molecular weight is 228 g/mol. The van der Waals surface area contributed by atoms with Crippen LogP contribution in [-0.4, -0.2) is 22.7 Å². The van der Waals surface area contributed by atoms with Gasteiger partial charge >= 0.3 is 0 Å². The fourth-order valence-electron chi connectivity index (χ4n) is 1.57. The minimum absolute atomic E-state index is 0.274. The predicted molar refractivity (Wildman–Crippen MR) is 64.2 cm³/mol. The van der Waals surface area contributed by atoms with Crippen LogP contribution in [0.4, 0.5) is 0 Å². The average Bonchev–Trinajstić information content (AvgIpc) is 2.61. The van der Waals surface area contributed by atoms with E-state index in [-0.39, 0.29) is 6.61 Å². The summed E-state index contributed by atoms with van der Waals surface area (Å²) in [6.07, 6.45) is 1.86. The van der Waals surface area contributed by atoms with E-state index >= 15 is 0 Å². The lowest BCUT2D eigenvalue weighted by Crippen LogP contribution is -2.29. The SMILES string of the molecule is Cc1nc(C(C)NC(C)CCCO)cs1. The molecule has 0 bridgehead atoms. The van der Waals surface area contributed by atoms with Crippen molar-refractivity contribution in [3.05, 3.63) is 16.1 Å². The highest BCUT2D eigenvalue weighted by Gasteiger charge is 2.11. The highest BCUT2D eigenvalue weighted by molar-refractivity contribution is 7.09. The molecule has 0 aliphatic heterocycles. The van der Waals surface area contributed by atoms with Crippen molar-refractivity contribution in [1.82, 2.24) is 10.3 Å². The molecule has 1 aromatic heterocycles. The molecule has 1 aromatic rings. The Morgan fingerprint density at radius 2 is 2.27 bits per heavy atom. The third-order valence-electron chi connectivity index (χ3n) is 2.41. The molecular weight excluding hydrogens is 208 g/mol. The fourth-order valence-corrected chi connectivity index (χ4v) is 2.28. The van der Waals surface area contributed by atoms with E-state index in [0.717, 1.165) is 23.5 Å². The number of aliphatic hydroxyl groups excluding tert-OH is 1. The van der Waals surface area contributed by atoms with E-state index < -0.39 is 0 Å². The Balaban J connectivity index is 2.38. The van der Waals surface area contributed by atoms with Crippen molar-refractivity contribution in [2.45, 2.75) is 45.7 Å². The van der Waals surface area contributed by atoms with Gasteiger partial charge < -0.3 is 10.4 Å². The second-order valence-corrected chi connectivity index (χ2v) is 5.01. The largest absolute Gasteiger partial charge is 0.396 e. The van der Waals surface area contributed by atoms with Gasteiger partial charge in [0, 0.05) is 24.1 Å². The maximum atomic E-state index is 8.73. The summed E-state index contributed by atoms with van der Waals surface area (Å²) in [5.41, 5.74) is 1.12. The molecule has 0 aliphatic rings. The number of hydrogen-bond acceptors (Lipinski definition) is 4. The molecule has 0 fully saturated rings. The molecule has 2 N–H and O–H groups in total. The zero-order valence-corrected chi connectivity index (χ0v) is 10.5. The molecule has 4 heteroatoms. The summed E-state index contributed by atoms with van der Waals surface area (Å²) in [7, 11) is 0. The molecule has 0 spiro atoms. The van der Waals surface area contributed by atoms with Crippen LogP contribution in [0.25, 0.3) is 0 Å². The number of nitrogens with zero attached hydrogens (tertiary/aromatic N) is 1. The number of aryl methyl sites for hydroxylation is 1. The summed E-state index contributed by atoms with van der Waals surface area (Å²) in [6.45, 7) is 6.57. The van der Waals surface area contributed by atoms with Crippen LogP contribution in [0.3, 0.4) is 0 Å². The summed E-state index contributed by atoms with van der Waals surface area (Å²) < 4.78 is 0. The number of aliphatic hydroxyl groups is 1. The van der Waals surface area contributed by atoms with Crippen molar-refractivity contribution < 1.29 is 5.11 Å². The van der Waals surface area contributed by atoms with E-state index in [2.05, 4.69) is 29.5 Å². The molecule has 0 aromatic carbocycles. The maximum absolute atomic E-state index is 8.73. The quantitative estimate of drug-likeness (QED) is 0.785. The Kier molecular flexibility index (Phi) is 5.22. The van der Waals surface area contributed by atoms with Crippen LogP contribution in [0.1, 0.15) is 43.4 Å². The number of nitrogens with one attached hydrogen (secondary N) is 1. The van der Waals surface area contributed by atoms with Crippen LogP contribution in [0.5, 0.6) is 0 Å². The minimum atomic E-state index is 0.274. The Hall–Kier alpha value is -0.450. The normalized spacial score (nSPS) is 15.2. The van der Waals surface area contributed by atoms with E-state index in [9.17, 15) is 0 Å². The number of hydrogen-bond donors (Lipinski definition) is 2. The van der Waals surface area contributed by atoms with E-state index in [1.54, 1.807) is 11.3 Å². The second kappa shape index (κ2) is 6.20. The number of aromatic nitrogens is 1. The van der Waals surface area contributed by atoms with Gasteiger partial charge in [-0.05, 0) is 33.6 Å². The van der Waals surface area contributed by atoms with Crippen LogP contribution >= 0.6 is 11.3 Å². The van der Waals surface area contributed by atoms with Crippen LogP contribution in [0.15, 0.2) is 5.38 Å². The monoisotopic (exact) mass is 228 g/mol. The van der Waals surface area contributed by atoms with Crippen LogP contribution in [0.2, 0.25) is 0 Å². The third kappa shape index (κ3) is 4.28. The molecule has 0 radical (unpaired) electrons. The Morgan fingerprint density at radius 1 is 1.53 bits per heavy atom. The Bertz CT molecular complexity index is 288. The molecule has 2 atom stereocenters. The highest BCUT2D eigenvalue weighted by Crippen LogP contribution is 2.16. The van der Waals surface area contributed by atoms with Crippen LogP contribution < -0.4 is 5.32 Å². The third-order valence-corrected chi connectivity index (χ3v) is 3.20. The summed E-state index contributed by atoms with van der Waals surface area (Å²) in [4.78, 5) is 4.45. The molecule has 0 saturated carbocycles. The Labute approximate surface area is 95.6 Å². The zero-order valence-electron chi connectivity index (χ0n) is 9.66. The first kappa shape index (κ1) is 12.6. The fraction of sp³-hybridized carbons (Fsp3) is 0.727. The van der Waals surface area contributed by atoms with Gasteiger partial charge in [-0.15, -0.1) is 11.3 Å². The van der Waals surface area contributed by atoms with Gasteiger partial charge in [-0.1, -0.05) is 0 Å².